The number of ether oxygens (including phenoxy) is 1. The van der Waals surface area contributed by atoms with Crippen LogP contribution in [-0.2, 0) is 6.54 Å². The summed E-state index contributed by atoms with van der Waals surface area (Å²) in [5, 5.41) is 10.4. The Bertz CT molecular complexity index is 1050. The van der Waals surface area contributed by atoms with Crippen molar-refractivity contribution in [3.8, 4) is 11.8 Å². The molecule has 0 saturated carbocycles. The number of hydrogen-bond donors (Lipinski definition) is 1. The van der Waals surface area contributed by atoms with E-state index in [0.29, 0.717) is 40.0 Å². The quantitative estimate of drug-likeness (QED) is 0.823. The zero-order valence-electron chi connectivity index (χ0n) is 15.8. The standard InChI is InChI=1S/C20H20Cl2N4O2/c1-11-9-15-18(20(27)26(11)8-7-25(2)3)16(12(10-23)19(24)28-15)17-13(21)5-4-6-14(17)22/h4-6,9,16H,7-8,24H2,1-3H3/t16-/m0/s1. The molecule has 1 atom stereocenters. The van der Waals surface area contributed by atoms with Crippen molar-refractivity contribution in [3.05, 3.63) is 72.9 Å². The number of allylic oxidation sites excluding steroid dienone is 1. The highest BCUT2D eigenvalue weighted by atomic mass is 35.5. The van der Waals surface area contributed by atoms with Crippen molar-refractivity contribution in [1.29, 1.82) is 5.26 Å². The Morgan fingerprint density at radius 3 is 2.50 bits per heavy atom. The number of nitrogens with zero attached hydrogens (tertiary/aromatic N) is 3. The Morgan fingerprint density at radius 1 is 1.29 bits per heavy atom. The first-order valence-electron chi connectivity index (χ1n) is 8.66. The van der Waals surface area contributed by atoms with Gasteiger partial charge in [0.2, 0.25) is 5.88 Å². The Morgan fingerprint density at radius 2 is 1.93 bits per heavy atom. The predicted octanol–water partition coefficient (Wildman–Crippen LogP) is 3.24. The normalized spacial score (nSPS) is 16.0. The molecule has 0 radical (unpaired) electrons. The number of aryl methyl sites for hydroxylation is 1. The second kappa shape index (κ2) is 7.88. The number of nitrogens with two attached hydrogens (primary N) is 1. The molecule has 0 spiro atoms. The van der Waals surface area contributed by atoms with Gasteiger partial charge in [0.15, 0.2) is 0 Å². The van der Waals surface area contributed by atoms with Gasteiger partial charge in [-0.15, -0.1) is 0 Å². The summed E-state index contributed by atoms with van der Waals surface area (Å²) in [6, 6.07) is 8.86. The van der Waals surface area contributed by atoms with Gasteiger partial charge in [-0.3, -0.25) is 4.79 Å². The molecule has 0 saturated heterocycles. The summed E-state index contributed by atoms with van der Waals surface area (Å²) in [7, 11) is 3.87. The van der Waals surface area contributed by atoms with Crippen LogP contribution in [0, 0.1) is 18.3 Å². The third-order valence-electron chi connectivity index (χ3n) is 4.75. The van der Waals surface area contributed by atoms with Crippen molar-refractivity contribution < 1.29 is 4.74 Å². The maximum absolute atomic E-state index is 13.4. The van der Waals surface area contributed by atoms with Gasteiger partial charge >= 0.3 is 0 Å². The fourth-order valence-corrected chi connectivity index (χ4v) is 3.95. The molecule has 3 rings (SSSR count). The molecular weight excluding hydrogens is 399 g/mol. The molecule has 1 aromatic carbocycles. The lowest BCUT2D eigenvalue weighted by Crippen LogP contribution is -2.34. The number of likely N-dealkylation sites (N-methyl/N-ethyl adjacent to an activating group) is 1. The second-order valence-corrected chi connectivity index (χ2v) is 7.70. The van der Waals surface area contributed by atoms with E-state index in [9.17, 15) is 10.1 Å². The summed E-state index contributed by atoms with van der Waals surface area (Å²) in [6.07, 6.45) is 0. The minimum atomic E-state index is -0.798. The summed E-state index contributed by atoms with van der Waals surface area (Å²) in [4.78, 5) is 15.4. The Hall–Kier alpha value is -2.46. The topological polar surface area (TPSA) is 84.3 Å². The summed E-state index contributed by atoms with van der Waals surface area (Å²) in [6.45, 7) is 3.01. The minimum absolute atomic E-state index is 0.0548. The van der Waals surface area contributed by atoms with Crippen LogP contribution in [0.3, 0.4) is 0 Å². The lowest BCUT2D eigenvalue weighted by Gasteiger charge is -2.28. The summed E-state index contributed by atoms with van der Waals surface area (Å²) < 4.78 is 7.30. The van der Waals surface area contributed by atoms with E-state index in [4.69, 9.17) is 33.7 Å². The van der Waals surface area contributed by atoms with E-state index >= 15 is 0 Å². The third-order valence-corrected chi connectivity index (χ3v) is 5.41. The molecule has 146 valence electrons. The molecule has 0 amide bonds. The smallest absolute Gasteiger partial charge is 0.258 e. The van der Waals surface area contributed by atoms with Gasteiger partial charge in [0.1, 0.15) is 17.4 Å². The van der Waals surface area contributed by atoms with Crippen LogP contribution in [0.1, 0.15) is 22.7 Å². The van der Waals surface area contributed by atoms with Crippen LogP contribution in [-0.4, -0.2) is 30.1 Å². The first-order valence-corrected chi connectivity index (χ1v) is 9.42. The maximum atomic E-state index is 13.4. The van der Waals surface area contributed by atoms with Crippen molar-refractivity contribution in [2.75, 3.05) is 20.6 Å². The second-order valence-electron chi connectivity index (χ2n) is 6.88. The number of nitriles is 1. The van der Waals surface area contributed by atoms with Gasteiger partial charge in [0.05, 0.1) is 11.5 Å². The number of benzene rings is 1. The van der Waals surface area contributed by atoms with Crippen LogP contribution in [0.2, 0.25) is 10.0 Å². The Labute approximate surface area is 173 Å². The van der Waals surface area contributed by atoms with Crippen LogP contribution in [0.15, 0.2) is 40.5 Å². The fourth-order valence-electron chi connectivity index (χ4n) is 3.34. The highest BCUT2D eigenvalue weighted by molar-refractivity contribution is 6.36. The zero-order valence-corrected chi connectivity index (χ0v) is 17.3. The molecule has 6 nitrogen and oxygen atoms in total. The average molecular weight is 419 g/mol. The van der Waals surface area contributed by atoms with Crippen LogP contribution >= 0.6 is 23.2 Å². The number of rotatable bonds is 4. The van der Waals surface area contributed by atoms with E-state index < -0.39 is 5.92 Å². The van der Waals surface area contributed by atoms with Crippen LogP contribution < -0.4 is 16.0 Å². The van der Waals surface area contributed by atoms with E-state index in [1.54, 1.807) is 28.8 Å². The zero-order chi connectivity index (χ0) is 20.6. The van der Waals surface area contributed by atoms with E-state index in [1.807, 2.05) is 25.9 Å². The molecule has 0 aliphatic carbocycles. The molecule has 2 aromatic rings. The van der Waals surface area contributed by atoms with E-state index in [-0.39, 0.29) is 17.0 Å². The Kier molecular flexibility index (Phi) is 5.71. The monoisotopic (exact) mass is 418 g/mol. The van der Waals surface area contributed by atoms with Crippen molar-refractivity contribution in [1.82, 2.24) is 9.47 Å². The highest BCUT2D eigenvalue weighted by Crippen LogP contribution is 2.45. The maximum Gasteiger partial charge on any atom is 0.258 e. The molecule has 2 N–H and O–H groups in total. The van der Waals surface area contributed by atoms with Gasteiger partial charge in [-0.2, -0.15) is 5.26 Å². The van der Waals surface area contributed by atoms with Crippen molar-refractivity contribution in [2.45, 2.75) is 19.4 Å². The van der Waals surface area contributed by atoms with Gasteiger partial charge < -0.3 is 19.9 Å². The van der Waals surface area contributed by atoms with Crippen molar-refractivity contribution in [3.63, 3.8) is 0 Å². The van der Waals surface area contributed by atoms with Crippen LogP contribution in [0.5, 0.6) is 5.75 Å². The molecular formula is C20H20Cl2N4O2. The Balaban J connectivity index is 2.31. The van der Waals surface area contributed by atoms with Gasteiger partial charge in [-0.1, -0.05) is 29.3 Å². The number of halogens is 2. The fraction of sp³-hybridized carbons (Fsp3) is 0.300. The SMILES string of the molecule is Cc1cc2c(c(=O)n1CCN(C)C)[C@H](c1c(Cl)cccc1Cl)C(C#N)=C(N)O2. The molecule has 2 heterocycles. The lowest BCUT2D eigenvalue weighted by molar-refractivity contribution is 0.369. The third kappa shape index (κ3) is 3.49. The molecule has 0 bridgehead atoms. The van der Waals surface area contributed by atoms with Crippen LogP contribution in [0.4, 0.5) is 0 Å². The van der Waals surface area contributed by atoms with Crippen molar-refractivity contribution >= 4 is 23.2 Å². The first kappa shape index (κ1) is 20.3. The number of fused-ring (bicyclic) bond motifs is 1. The first-order chi connectivity index (χ1) is 13.3. The summed E-state index contributed by atoms with van der Waals surface area (Å²) in [5.74, 6) is -0.532. The van der Waals surface area contributed by atoms with Gasteiger partial charge in [-0.05, 0) is 33.2 Å². The largest absolute Gasteiger partial charge is 0.440 e. The van der Waals surface area contributed by atoms with E-state index in [1.165, 1.54) is 0 Å². The summed E-state index contributed by atoms with van der Waals surface area (Å²) in [5.41, 5.74) is 7.38. The number of aromatic nitrogens is 1. The van der Waals surface area contributed by atoms with E-state index in [2.05, 4.69) is 6.07 Å². The van der Waals surface area contributed by atoms with E-state index in [0.717, 1.165) is 5.69 Å². The van der Waals surface area contributed by atoms with Gasteiger partial charge in [-0.25, -0.2) is 0 Å². The van der Waals surface area contributed by atoms with Crippen molar-refractivity contribution in [2.24, 2.45) is 5.73 Å². The molecule has 1 aliphatic rings. The summed E-state index contributed by atoms with van der Waals surface area (Å²) >= 11 is 12.8. The predicted molar refractivity (Wildman–Crippen MR) is 110 cm³/mol. The van der Waals surface area contributed by atoms with Gasteiger partial charge in [0.25, 0.3) is 5.56 Å². The average Bonchev–Trinajstić information content (AvgIpc) is 2.60. The van der Waals surface area contributed by atoms with Crippen LogP contribution in [0.25, 0.3) is 0 Å². The number of hydrogen-bond acceptors (Lipinski definition) is 5. The number of pyridine rings is 1. The minimum Gasteiger partial charge on any atom is -0.440 e. The van der Waals surface area contributed by atoms with Gasteiger partial charge in [0, 0.05) is 40.5 Å². The molecule has 0 fully saturated rings. The molecule has 1 aliphatic heterocycles. The molecule has 1 aromatic heterocycles. The molecule has 28 heavy (non-hydrogen) atoms. The highest BCUT2D eigenvalue weighted by Gasteiger charge is 2.36. The molecule has 0 unspecified atom stereocenters. The molecule has 8 heteroatoms. The lowest BCUT2D eigenvalue weighted by atomic mass is 9.84.